The first-order valence-corrected chi connectivity index (χ1v) is 7.33. The average molecular weight is 357 g/mol. The first kappa shape index (κ1) is 15.0. The van der Waals surface area contributed by atoms with Gasteiger partial charge in [0.2, 0.25) is 0 Å². The third-order valence-electron chi connectivity index (χ3n) is 3.46. The number of alkyl halides is 3. The number of benzene rings is 1. The van der Waals surface area contributed by atoms with E-state index in [9.17, 15) is 13.2 Å². The number of hydrogen-bond acceptors (Lipinski definition) is 1. The summed E-state index contributed by atoms with van der Waals surface area (Å²) >= 11 is 9.20. The smallest absolute Gasteiger partial charge is 0.381 e. The van der Waals surface area contributed by atoms with E-state index < -0.39 is 18.1 Å². The highest BCUT2D eigenvalue weighted by molar-refractivity contribution is 9.10. The van der Waals surface area contributed by atoms with Crippen molar-refractivity contribution in [3.8, 4) is 0 Å². The Morgan fingerprint density at radius 1 is 1.21 bits per heavy atom. The summed E-state index contributed by atoms with van der Waals surface area (Å²) in [7, 11) is 0. The molecule has 1 aliphatic carbocycles. The van der Waals surface area contributed by atoms with Crippen LogP contribution in [0.25, 0.3) is 0 Å². The molecule has 0 saturated heterocycles. The molecule has 1 aromatic carbocycles. The van der Waals surface area contributed by atoms with Gasteiger partial charge in [-0.1, -0.05) is 24.4 Å². The third kappa shape index (κ3) is 3.78. The van der Waals surface area contributed by atoms with Crippen molar-refractivity contribution in [3.63, 3.8) is 0 Å². The zero-order valence-electron chi connectivity index (χ0n) is 10.1. The molecule has 2 atom stereocenters. The average Bonchev–Trinajstić information content (AvgIpc) is 2.33. The van der Waals surface area contributed by atoms with Crippen molar-refractivity contribution < 1.29 is 13.2 Å². The summed E-state index contributed by atoms with van der Waals surface area (Å²) in [4.78, 5) is 0. The van der Waals surface area contributed by atoms with Gasteiger partial charge in [-0.3, -0.25) is 0 Å². The van der Waals surface area contributed by atoms with Crippen molar-refractivity contribution in [2.45, 2.75) is 37.9 Å². The van der Waals surface area contributed by atoms with Crippen LogP contribution in [0.4, 0.5) is 18.9 Å². The van der Waals surface area contributed by atoms with Crippen molar-refractivity contribution in [1.82, 2.24) is 0 Å². The Morgan fingerprint density at radius 2 is 1.89 bits per heavy atom. The Balaban J connectivity index is 2.17. The quantitative estimate of drug-likeness (QED) is 0.723. The molecular weight excluding hydrogens is 343 g/mol. The van der Waals surface area contributed by atoms with Gasteiger partial charge in [0.1, 0.15) is 0 Å². The standard InChI is InChI=1S/C13H14BrClF3N/c14-10-6-5-8(15)7-12(10)19-11-4-2-1-3-9(11)13(16,17)18/h5-7,9,11,19H,1-4H2. The molecule has 0 spiro atoms. The first-order chi connectivity index (χ1) is 8.88. The molecule has 1 nitrogen and oxygen atoms in total. The van der Waals surface area contributed by atoms with Crippen LogP contribution in [0, 0.1) is 5.92 Å². The van der Waals surface area contributed by atoms with E-state index in [4.69, 9.17) is 11.6 Å². The largest absolute Gasteiger partial charge is 0.393 e. The topological polar surface area (TPSA) is 12.0 Å². The van der Waals surface area contributed by atoms with Crippen LogP contribution in [0.1, 0.15) is 25.7 Å². The second kappa shape index (κ2) is 5.92. The van der Waals surface area contributed by atoms with E-state index in [2.05, 4.69) is 21.2 Å². The summed E-state index contributed by atoms with van der Waals surface area (Å²) in [6.07, 6.45) is -1.97. The fourth-order valence-electron chi connectivity index (χ4n) is 2.50. The van der Waals surface area contributed by atoms with E-state index in [-0.39, 0.29) is 6.42 Å². The summed E-state index contributed by atoms with van der Waals surface area (Å²) in [5, 5.41) is 3.50. The van der Waals surface area contributed by atoms with Gasteiger partial charge in [0.05, 0.1) is 11.6 Å². The van der Waals surface area contributed by atoms with E-state index >= 15 is 0 Å². The molecule has 0 radical (unpaired) electrons. The number of nitrogens with one attached hydrogen (secondary N) is 1. The lowest BCUT2D eigenvalue weighted by atomic mass is 9.84. The first-order valence-electron chi connectivity index (χ1n) is 6.16. The van der Waals surface area contributed by atoms with E-state index in [1.54, 1.807) is 18.2 Å². The van der Waals surface area contributed by atoms with Crippen LogP contribution in [-0.4, -0.2) is 12.2 Å². The maximum absolute atomic E-state index is 13.0. The van der Waals surface area contributed by atoms with Gasteiger partial charge in [-0.25, -0.2) is 0 Å². The number of rotatable bonds is 2. The molecule has 6 heteroatoms. The van der Waals surface area contributed by atoms with E-state index in [0.717, 1.165) is 10.9 Å². The maximum atomic E-state index is 13.0. The van der Waals surface area contributed by atoms with E-state index in [0.29, 0.717) is 23.6 Å². The molecular formula is C13H14BrClF3N. The van der Waals surface area contributed by atoms with E-state index in [1.807, 2.05) is 0 Å². The van der Waals surface area contributed by atoms with Crippen LogP contribution in [0.3, 0.4) is 0 Å². The van der Waals surface area contributed by atoms with E-state index in [1.165, 1.54) is 0 Å². The molecule has 0 heterocycles. The second-order valence-corrected chi connectivity index (χ2v) is 6.10. The van der Waals surface area contributed by atoms with Crippen molar-refractivity contribution in [1.29, 1.82) is 0 Å². The highest BCUT2D eigenvalue weighted by atomic mass is 79.9. The summed E-state index contributed by atoms with van der Waals surface area (Å²) < 4.78 is 39.7. The number of halogens is 5. The molecule has 1 fully saturated rings. The molecule has 0 aliphatic heterocycles. The van der Waals surface area contributed by atoms with Crippen molar-refractivity contribution in [2.75, 3.05) is 5.32 Å². The highest BCUT2D eigenvalue weighted by Crippen LogP contribution is 2.40. The predicted molar refractivity (Wildman–Crippen MR) is 74.6 cm³/mol. The maximum Gasteiger partial charge on any atom is 0.393 e. The number of anilines is 1. The molecule has 106 valence electrons. The lowest BCUT2D eigenvalue weighted by Crippen LogP contribution is -2.41. The SMILES string of the molecule is FC(F)(F)C1CCCCC1Nc1cc(Cl)ccc1Br. The van der Waals surface area contributed by atoms with Crippen LogP contribution in [-0.2, 0) is 0 Å². The molecule has 1 aliphatic rings. The Kier molecular flexibility index (Phi) is 4.66. The van der Waals surface area contributed by atoms with Crippen LogP contribution < -0.4 is 5.32 Å². The van der Waals surface area contributed by atoms with Crippen molar-refractivity contribution >= 4 is 33.2 Å². The van der Waals surface area contributed by atoms with Gasteiger partial charge in [0, 0.05) is 15.5 Å². The summed E-state index contributed by atoms with van der Waals surface area (Å²) in [5.74, 6) is -1.29. The minimum absolute atomic E-state index is 0.194. The van der Waals surface area contributed by atoms with Crippen LogP contribution in [0.15, 0.2) is 22.7 Å². The highest BCUT2D eigenvalue weighted by Gasteiger charge is 2.45. The van der Waals surface area contributed by atoms with Gasteiger partial charge < -0.3 is 5.32 Å². The van der Waals surface area contributed by atoms with Gasteiger partial charge in [-0.05, 0) is 47.0 Å². The molecule has 2 unspecified atom stereocenters. The summed E-state index contributed by atoms with van der Waals surface area (Å²) in [6, 6.07) is 4.49. The fraction of sp³-hybridized carbons (Fsp3) is 0.538. The summed E-state index contributed by atoms with van der Waals surface area (Å²) in [5.41, 5.74) is 0.619. The zero-order valence-corrected chi connectivity index (χ0v) is 12.4. The monoisotopic (exact) mass is 355 g/mol. The van der Waals surface area contributed by atoms with Gasteiger partial charge in [0.15, 0.2) is 0 Å². The Labute approximate surface area is 123 Å². The molecule has 19 heavy (non-hydrogen) atoms. The zero-order chi connectivity index (χ0) is 14.0. The lowest BCUT2D eigenvalue weighted by Gasteiger charge is -2.34. The van der Waals surface area contributed by atoms with Crippen molar-refractivity contribution in [2.24, 2.45) is 5.92 Å². The van der Waals surface area contributed by atoms with Crippen LogP contribution in [0.2, 0.25) is 5.02 Å². The minimum atomic E-state index is -4.15. The second-order valence-electron chi connectivity index (χ2n) is 4.81. The Bertz CT molecular complexity index is 450. The predicted octanol–water partition coefficient (Wildman–Crippen LogP) is 5.64. The van der Waals surface area contributed by atoms with Gasteiger partial charge >= 0.3 is 6.18 Å². The van der Waals surface area contributed by atoms with Crippen molar-refractivity contribution in [3.05, 3.63) is 27.7 Å². The fourth-order valence-corrected chi connectivity index (χ4v) is 3.04. The normalized spacial score (nSPS) is 24.3. The van der Waals surface area contributed by atoms with Gasteiger partial charge in [0.25, 0.3) is 0 Å². The number of hydrogen-bond donors (Lipinski definition) is 1. The Morgan fingerprint density at radius 3 is 2.58 bits per heavy atom. The molecule has 1 saturated carbocycles. The summed E-state index contributed by atoms with van der Waals surface area (Å²) in [6.45, 7) is 0. The van der Waals surface area contributed by atoms with Gasteiger partial charge in [-0.15, -0.1) is 0 Å². The van der Waals surface area contributed by atoms with Crippen LogP contribution in [0.5, 0.6) is 0 Å². The molecule has 0 bridgehead atoms. The van der Waals surface area contributed by atoms with Gasteiger partial charge in [-0.2, -0.15) is 13.2 Å². The molecule has 0 aromatic heterocycles. The lowest BCUT2D eigenvalue weighted by molar-refractivity contribution is -0.184. The molecule has 1 aromatic rings. The molecule has 0 amide bonds. The minimum Gasteiger partial charge on any atom is -0.381 e. The molecule has 2 rings (SSSR count). The molecule has 1 N–H and O–H groups in total. The third-order valence-corrected chi connectivity index (χ3v) is 4.38. The van der Waals surface area contributed by atoms with Crippen LogP contribution >= 0.6 is 27.5 Å². The Hall–Kier alpha value is -0.420.